The normalized spacial score (nSPS) is 22.8. The van der Waals surface area contributed by atoms with E-state index in [2.05, 4.69) is 6.92 Å². The SMILES string of the molecule is CC1CCCN(S(=O)(=O)c2ccc(CN)s2)C1. The highest BCUT2D eigenvalue weighted by atomic mass is 32.2. The van der Waals surface area contributed by atoms with Gasteiger partial charge in [0.05, 0.1) is 0 Å². The van der Waals surface area contributed by atoms with Crippen molar-refractivity contribution in [2.75, 3.05) is 13.1 Å². The Morgan fingerprint density at radius 3 is 2.88 bits per heavy atom. The van der Waals surface area contributed by atoms with Crippen molar-refractivity contribution in [3.63, 3.8) is 0 Å². The molecule has 1 unspecified atom stereocenters. The number of hydrogen-bond acceptors (Lipinski definition) is 4. The molecule has 0 bridgehead atoms. The monoisotopic (exact) mass is 274 g/mol. The van der Waals surface area contributed by atoms with Gasteiger partial charge in [-0.05, 0) is 30.9 Å². The van der Waals surface area contributed by atoms with Gasteiger partial charge in [-0.15, -0.1) is 11.3 Å². The van der Waals surface area contributed by atoms with Crippen LogP contribution in [0.2, 0.25) is 0 Å². The minimum absolute atomic E-state index is 0.399. The third-order valence-electron chi connectivity index (χ3n) is 3.05. The van der Waals surface area contributed by atoms with E-state index >= 15 is 0 Å². The lowest BCUT2D eigenvalue weighted by Crippen LogP contribution is -2.38. The molecular weight excluding hydrogens is 256 g/mol. The van der Waals surface area contributed by atoms with E-state index in [1.165, 1.54) is 11.3 Å². The van der Waals surface area contributed by atoms with Crippen LogP contribution < -0.4 is 5.73 Å². The molecule has 4 nitrogen and oxygen atoms in total. The topological polar surface area (TPSA) is 63.4 Å². The van der Waals surface area contributed by atoms with Crippen LogP contribution in [0.5, 0.6) is 0 Å². The molecule has 0 radical (unpaired) electrons. The highest BCUT2D eigenvalue weighted by Gasteiger charge is 2.29. The summed E-state index contributed by atoms with van der Waals surface area (Å²) in [5, 5.41) is 0. The van der Waals surface area contributed by atoms with E-state index in [-0.39, 0.29) is 0 Å². The molecule has 0 saturated carbocycles. The lowest BCUT2D eigenvalue weighted by molar-refractivity contribution is 0.281. The van der Waals surface area contributed by atoms with Gasteiger partial charge >= 0.3 is 0 Å². The number of piperidine rings is 1. The van der Waals surface area contributed by atoms with Crippen LogP contribution >= 0.6 is 11.3 Å². The van der Waals surface area contributed by atoms with Crippen molar-refractivity contribution >= 4 is 21.4 Å². The Morgan fingerprint density at radius 2 is 2.29 bits per heavy atom. The second kappa shape index (κ2) is 5.06. The molecular formula is C11H18N2O2S2. The van der Waals surface area contributed by atoms with Gasteiger partial charge in [0.2, 0.25) is 0 Å². The molecule has 0 aromatic carbocycles. The fourth-order valence-corrected chi connectivity index (χ4v) is 5.09. The summed E-state index contributed by atoms with van der Waals surface area (Å²) >= 11 is 1.28. The maximum absolute atomic E-state index is 12.4. The van der Waals surface area contributed by atoms with Gasteiger partial charge in [0.15, 0.2) is 0 Å². The van der Waals surface area contributed by atoms with Gasteiger partial charge in [0, 0.05) is 24.5 Å². The summed E-state index contributed by atoms with van der Waals surface area (Å²) < 4.78 is 26.7. The number of sulfonamides is 1. The Labute approximate surface area is 106 Å². The van der Waals surface area contributed by atoms with Crippen molar-refractivity contribution in [1.29, 1.82) is 0 Å². The van der Waals surface area contributed by atoms with Crippen LogP contribution in [0.25, 0.3) is 0 Å². The third kappa shape index (κ3) is 2.70. The molecule has 1 aliphatic rings. The molecule has 1 fully saturated rings. The molecule has 0 aliphatic carbocycles. The first-order chi connectivity index (χ1) is 8.04. The number of nitrogens with zero attached hydrogens (tertiary/aromatic N) is 1. The summed E-state index contributed by atoms with van der Waals surface area (Å²) in [5.74, 6) is 0.451. The largest absolute Gasteiger partial charge is 0.326 e. The van der Waals surface area contributed by atoms with Crippen molar-refractivity contribution < 1.29 is 8.42 Å². The van der Waals surface area contributed by atoms with Crippen LogP contribution in [0.1, 0.15) is 24.6 Å². The predicted molar refractivity (Wildman–Crippen MR) is 69.4 cm³/mol. The van der Waals surface area contributed by atoms with Crippen molar-refractivity contribution in [3.8, 4) is 0 Å². The molecule has 2 rings (SSSR count). The van der Waals surface area contributed by atoms with Gasteiger partial charge in [-0.2, -0.15) is 4.31 Å². The molecule has 0 amide bonds. The molecule has 1 saturated heterocycles. The molecule has 1 aromatic heterocycles. The summed E-state index contributed by atoms with van der Waals surface area (Å²) in [6.45, 7) is 3.78. The molecule has 2 heterocycles. The summed E-state index contributed by atoms with van der Waals surface area (Å²) in [4.78, 5) is 0.911. The molecule has 1 aromatic rings. The lowest BCUT2D eigenvalue weighted by Gasteiger charge is -2.29. The van der Waals surface area contributed by atoms with E-state index in [9.17, 15) is 8.42 Å². The van der Waals surface area contributed by atoms with E-state index in [1.807, 2.05) is 0 Å². The summed E-state index contributed by atoms with van der Waals surface area (Å²) in [7, 11) is -3.29. The molecule has 96 valence electrons. The highest BCUT2D eigenvalue weighted by Crippen LogP contribution is 2.28. The Hall–Kier alpha value is -0.430. The smallest absolute Gasteiger partial charge is 0.252 e. The first kappa shape index (κ1) is 13.0. The highest BCUT2D eigenvalue weighted by molar-refractivity contribution is 7.91. The summed E-state index contributed by atoms with van der Waals surface area (Å²) in [6, 6.07) is 3.46. The molecule has 6 heteroatoms. The maximum atomic E-state index is 12.4. The quantitative estimate of drug-likeness (QED) is 0.911. The van der Waals surface area contributed by atoms with E-state index in [0.29, 0.717) is 29.8 Å². The van der Waals surface area contributed by atoms with Gasteiger partial charge in [-0.25, -0.2) is 8.42 Å². The standard InChI is InChI=1S/C11H18N2O2S2/c1-9-3-2-6-13(8-9)17(14,15)11-5-4-10(7-12)16-11/h4-5,9H,2-3,6-8,12H2,1H3. The zero-order valence-corrected chi connectivity index (χ0v) is 11.6. The van der Waals surface area contributed by atoms with E-state index in [4.69, 9.17) is 5.73 Å². The zero-order chi connectivity index (χ0) is 12.5. The van der Waals surface area contributed by atoms with Crippen LogP contribution in [0.15, 0.2) is 16.3 Å². The van der Waals surface area contributed by atoms with Crippen LogP contribution in [-0.4, -0.2) is 25.8 Å². The van der Waals surface area contributed by atoms with Gasteiger partial charge in [0.25, 0.3) is 10.0 Å². The Morgan fingerprint density at radius 1 is 1.53 bits per heavy atom. The number of hydrogen-bond donors (Lipinski definition) is 1. The van der Waals surface area contributed by atoms with E-state index < -0.39 is 10.0 Å². The molecule has 1 aliphatic heterocycles. The zero-order valence-electron chi connectivity index (χ0n) is 9.93. The third-order valence-corrected chi connectivity index (χ3v) is 6.49. The molecule has 2 N–H and O–H groups in total. The fourth-order valence-electron chi connectivity index (χ4n) is 2.10. The van der Waals surface area contributed by atoms with Gasteiger partial charge in [0.1, 0.15) is 4.21 Å². The van der Waals surface area contributed by atoms with Crippen molar-refractivity contribution in [3.05, 3.63) is 17.0 Å². The van der Waals surface area contributed by atoms with Crippen LogP contribution in [0.3, 0.4) is 0 Å². The second-order valence-corrected chi connectivity index (χ2v) is 7.87. The second-order valence-electron chi connectivity index (χ2n) is 4.54. The minimum Gasteiger partial charge on any atom is -0.326 e. The number of rotatable bonds is 3. The van der Waals surface area contributed by atoms with Crippen LogP contribution in [-0.2, 0) is 16.6 Å². The lowest BCUT2D eigenvalue weighted by atomic mass is 10.0. The van der Waals surface area contributed by atoms with Gasteiger partial charge in [-0.1, -0.05) is 6.92 Å². The molecule has 17 heavy (non-hydrogen) atoms. The molecule has 1 atom stereocenters. The van der Waals surface area contributed by atoms with E-state index in [0.717, 1.165) is 17.7 Å². The first-order valence-corrected chi connectivity index (χ1v) is 8.08. The van der Waals surface area contributed by atoms with Crippen molar-refractivity contribution in [2.24, 2.45) is 11.7 Å². The average Bonchev–Trinajstić information content (AvgIpc) is 2.78. The number of nitrogens with two attached hydrogens (primary N) is 1. The summed E-state index contributed by atoms with van der Waals surface area (Å²) in [5.41, 5.74) is 5.51. The fraction of sp³-hybridized carbons (Fsp3) is 0.636. The minimum atomic E-state index is -3.29. The summed E-state index contributed by atoms with van der Waals surface area (Å²) in [6.07, 6.45) is 2.07. The Balaban J connectivity index is 2.23. The van der Waals surface area contributed by atoms with Crippen LogP contribution in [0, 0.1) is 5.92 Å². The average molecular weight is 274 g/mol. The van der Waals surface area contributed by atoms with Crippen molar-refractivity contribution in [1.82, 2.24) is 4.31 Å². The molecule has 0 spiro atoms. The number of thiophene rings is 1. The first-order valence-electron chi connectivity index (χ1n) is 5.83. The van der Waals surface area contributed by atoms with E-state index in [1.54, 1.807) is 16.4 Å². The van der Waals surface area contributed by atoms with Gasteiger partial charge in [-0.3, -0.25) is 0 Å². The van der Waals surface area contributed by atoms with Gasteiger partial charge < -0.3 is 5.73 Å². The maximum Gasteiger partial charge on any atom is 0.252 e. The Kier molecular flexibility index (Phi) is 3.87. The van der Waals surface area contributed by atoms with Crippen molar-refractivity contribution in [2.45, 2.75) is 30.5 Å². The Bertz CT molecular complexity index is 481. The van der Waals surface area contributed by atoms with Crippen LogP contribution in [0.4, 0.5) is 0 Å². The predicted octanol–water partition coefficient (Wildman–Crippen LogP) is 1.63.